The minimum Gasteiger partial charge on any atom is -0.340 e. The number of carbonyl (C=O) groups is 1. The first-order valence-corrected chi connectivity index (χ1v) is 7.83. The molecule has 1 aliphatic heterocycles. The SMILES string of the molecule is CCN1CCN(C(=O)CCCCc2ccccc2)CC1. The minimum atomic E-state index is 0.341. The van der Waals surface area contributed by atoms with Gasteiger partial charge in [0, 0.05) is 32.6 Å². The van der Waals surface area contributed by atoms with Gasteiger partial charge < -0.3 is 9.80 Å². The zero-order valence-corrected chi connectivity index (χ0v) is 12.6. The van der Waals surface area contributed by atoms with Gasteiger partial charge in [0.05, 0.1) is 0 Å². The van der Waals surface area contributed by atoms with Crippen LogP contribution in [0.15, 0.2) is 30.3 Å². The van der Waals surface area contributed by atoms with Crippen molar-refractivity contribution < 1.29 is 4.79 Å². The average Bonchev–Trinajstić information content (AvgIpc) is 2.52. The number of likely N-dealkylation sites (N-methyl/N-ethyl adjacent to an activating group) is 1. The molecule has 110 valence electrons. The third-order valence-electron chi connectivity index (χ3n) is 4.12. The Labute approximate surface area is 122 Å². The van der Waals surface area contributed by atoms with Gasteiger partial charge in [0.15, 0.2) is 0 Å². The molecule has 20 heavy (non-hydrogen) atoms. The number of piperazine rings is 1. The van der Waals surface area contributed by atoms with Gasteiger partial charge in [-0.05, 0) is 31.4 Å². The maximum atomic E-state index is 12.1. The van der Waals surface area contributed by atoms with Gasteiger partial charge in [0.2, 0.25) is 5.91 Å². The number of nitrogens with zero attached hydrogens (tertiary/aromatic N) is 2. The topological polar surface area (TPSA) is 23.6 Å². The fourth-order valence-corrected chi connectivity index (χ4v) is 2.72. The Morgan fingerprint density at radius 2 is 1.75 bits per heavy atom. The highest BCUT2D eigenvalue weighted by molar-refractivity contribution is 5.76. The maximum absolute atomic E-state index is 12.1. The number of carbonyl (C=O) groups excluding carboxylic acids is 1. The van der Waals surface area contributed by atoms with E-state index >= 15 is 0 Å². The number of rotatable bonds is 6. The second kappa shape index (κ2) is 8.05. The van der Waals surface area contributed by atoms with Crippen molar-refractivity contribution in [3.63, 3.8) is 0 Å². The summed E-state index contributed by atoms with van der Waals surface area (Å²) in [5.74, 6) is 0.341. The van der Waals surface area contributed by atoms with Crippen molar-refractivity contribution in [3.05, 3.63) is 35.9 Å². The van der Waals surface area contributed by atoms with Crippen LogP contribution in [-0.2, 0) is 11.2 Å². The van der Waals surface area contributed by atoms with E-state index in [9.17, 15) is 4.79 Å². The largest absolute Gasteiger partial charge is 0.340 e. The average molecular weight is 274 g/mol. The summed E-state index contributed by atoms with van der Waals surface area (Å²) in [6.45, 7) is 7.16. The molecule has 0 radical (unpaired) electrons. The van der Waals surface area contributed by atoms with Crippen LogP contribution < -0.4 is 0 Å². The van der Waals surface area contributed by atoms with Crippen molar-refractivity contribution in [2.24, 2.45) is 0 Å². The highest BCUT2D eigenvalue weighted by atomic mass is 16.2. The highest BCUT2D eigenvalue weighted by Gasteiger charge is 2.19. The lowest BCUT2D eigenvalue weighted by Crippen LogP contribution is -2.48. The zero-order valence-electron chi connectivity index (χ0n) is 12.6. The predicted molar refractivity (Wildman–Crippen MR) is 82.7 cm³/mol. The Balaban J connectivity index is 1.61. The Hall–Kier alpha value is -1.35. The monoisotopic (exact) mass is 274 g/mol. The molecule has 1 saturated heterocycles. The van der Waals surface area contributed by atoms with E-state index in [0.29, 0.717) is 12.3 Å². The van der Waals surface area contributed by atoms with Crippen LogP contribution in [0.4, 0.5) is 0 Å². The molecule has 1 heterocycles. The Morgan fingerprint density at radius 1 is 1.05 bits per heavy atom. The van der Waals surface area contributed by atoms with Gasteiger partial charge in [0.1, 0.15) is 0 Å². The molecule has 1 fully saturated rings. The van der Waals surface area contributed by atoms with E-state index in [4.69, 9.17) is 0 Å². The van der Waals surface area contributed by atoms with Crippen LogP contribution in [0.2, 0.25) is 0 Å². The molecule has 2 rings (SSSR count). The molecular weight excluding hydrogens is 248 g/mol. The van der Waals surface area contributed by atoms with Gasteiger partial charge in [-0.15, -0.1) is 0 Å². The molecular formula is C17H26N2O. The van der Waals surface area contributed by atoms with Crippen LogP contribution in [-0.4, -0.2) is 48.4 Å². The van der Waals surface area contributed by atoms with E-state index in [2.05, 4.69) is 36.1 Å². The fourth-order valence-electron chi connectivity index (χ4n) is 2.72. The molecule has 3 nitrogen and oxygen atoms in total. The van der Waals surface area contributed by atoms with E-state index in [0.717, 1.165) is 52.0 Å². The first kappa shape index (κ1) is 15.0. The molecule has 1 aromatic rings. The Bertz CT molecular complexity index is 397. The molecule has 0 spiro atoms. The summed E-state index contributed by atoms with van der Waals surface area (Å²) in [4.78, 5) is 16.6. The molecule has 1 amide bonds. The zero-order chi connectivity index (χ0) is 14.2. The second-order valence-corrected chi connectivity index (χ2v) is 5.51. The number of unbranched alkanes of at least 4 members (excludes halogenated alkanes) is 1. The van der Waals surface area contributed by atoms with Gasteiger partial charge in [0.25, 0.3) is 0 Å². The normalized spacial score (nSPS) is 16.4. The molecule has 3 heteroatoms. The molecule has 0 unspecified atom stereocenters. The van der Waals surface area contributed by atoms with Gasteiger partial charge in [-0.2, -0.15) is 0 Å². The summed E-state index contributed by atoms with van der Waals surface area (Å²) in [6, 6.07) is 10.5. The second-order valence-electron chi connectivity index (χ2n) is 5.51. The van der Waals surface area contributed by atoms with Gasteiger partial charge >= 0.3 is 0 Å². The summed E-state index contributed by atoms with van der Waals surface area (Å²) in [6.07, 6.45) is 3.89. The van der Waals surface area contributed by atoms with Crippen LogP contribution in [0.1, 0.15) is 31.7 Å². The molecule has 0 atom stereocenters. The van der Waals surface area contributed by atoms with Crippen LogP contribution in [0.5, 0.6) is 0 Å². The first-order valence-electron chi connectivity index (χ1n) is 7.83. The van der Waals surface area contributed by atoms with Crippen molar-refractivity contribution in [3.8, 4) is 0 Å². The van der Waals surface area contributed by atoms with E-state index < -0.39 is 0 Å². The van der Waals surface area contributed by atoms with E-state index in [1.165, 1.54) is 5.56 Å². The van der Waals surface area contributed by atoms with Gasteiger partial charge in [-0.25, -0.2) is 0 Å². The predicted octanol–water partition coefficient (Wildman–Crippen LogP) is 2.56. The third-order valence-corrected chi connectivity index (χ3v) is 4.12. The third kappa shape index (κ3) is 4.64. The van der Waals surface area contributed by atoms with Crippen LogP contribution in [0.25, 0.3) is 0 Å². The van der Waals surface area contributed by atoms with E-state index in [-0.39, 0.29) is 0 Å². The lowest BCUT2D eigenvalue weighted by atomic mass is 10.1. The van der Waals surface area contributed by atoms with E-state index in [1.54, 1.807) is 0 Å². The van der Waals surface area contributed by atoms with Crippen molar-refractivity contribution in [2.75, 3.05) is 32.7 Å². The number of benzene rings is 1. The molecule has 0 saturated carbocycles. The molecule has 0 N–H and O–H groups in total. The number of aryl methyl sites for hydroxylation is 1. The standard InChI is InChI=1S/C17H26N2O/c1-2-18-12-14-19(15-13-18)17(20)11-7-6-10-16-8-4-3-5-9-16/h3-5,8-9H,2,6-7,10-15H2,1H3. The molecule has 1 aromatic carbocycles. The Kier molecular flexibility index (Phi) is 6.06. The lowest BCUT2D eigenvalue weighted by molar-refractivity contribution is -0.133. The molecule has 0 aromatic heterocycles. The van der Waals surface area contributed by atoms with Crippen LogP contribution in [0.3, 0.4) is 0 Å². The summed E-state index contributed by atoms with van der Waals surface area (Å²) >= 11 is 0. The summed E-state index contributed by atoms with van der Waals surface area (Å²) < 4.78 is 0. The minimum absolute atomic E-state index is 0.341. The molecule has 0 bridgehead atoms. The van der Waals surface area contributed by atoms with Crippen LogP contribution >= 0.6 is 0 Å². The van der Waals surface area contributed by atoms with Gasteiger partial charge in [-0.1, -0.05) is 37.3 Å². The molecule has 0 aliphatic carbocycles. The smallest absolute Gasteiger partial charge is 0.222 e. The number of amides is 1. The lowest BCUT2D eigenvalue weighted by Gasteiger charge is -2.34. The van der Waals surface area contributed by atoms with Crippen molar-refractivity contribution in [2.45, 2.75) is 32.6 Å². The highest BCUT2D eigenvalue weighted by Crippen LogP contribution is 2.09. The Morgan fingerprint density at radius 3 is 2.40 bits per heavy atom. The maximum Gasteiger partial charge on any atom is 0.222 e. The van der Waals surface area contributed by atoms with Crippen molar-refractivity contribution >= 4 is 5.91 Å². The van der Waals surface area contributed by atoms with Gasteiger partial charge in [-0.3, -0.25) is 4.79 Å². The quantitative estimate of drug-likeness (QED) is 0.744. The van der Waals surface area contributed by atoms with Crippen molar-refractivity contribution in [1.82, 2.24) is 9.80 Å². The first-order chi connectivity index (χ1) is 9.79. The summed E-state index contributed by atoms with van der Waals surface area (Å²) in [7, 11) is 0. The fraction of sp³-hybridized carbons (Fsp3) is 0.588. The van der Waals surface area contributed by atoms with E-state index in [1.807, 2.05) is 11.0 Å². The number of hydrogen-bond donors (Lipinski definition) is 0. The summed E-state index contributed by atoms with van der Waals surface area (Å²) in [5.41, 5.74) is 1.37. The van der Waals surface area contributed by atoms with Crippen LogP contribution in [0, 0.1) is 0 Å². The van der Waals surface area contributed by atoms with Crippen molar-refractivity contribution in [1.29, 1.82) is 0 Å². The number of hydrogen-bond acceptors (Lipinski definition) is 2. The summed E-state index contributed by atoms with van der Waals surface area (Å²) in [5, 5.41) is 0. The molecule has 1 aliphatic rings.